The van der Waals surface area contributed by atoms with Crippen molar-refractivity contribution < 1.29 is 16.8 Å². The lowest BCUT2D eigenvalue weighted by Crippen LogP contribution is -2.33. The van der Waals surface area contributed by atoms with E-state index in [1.165, 1.54) is 28.1 Å². The summed E-state index contributed by atoms with van der Waals surface area (Å²) in [6, 6.07) is 13.7. The van der Waals surface area contributed by atoms with Crippen molar-refractivity contribution in [3.05, 3.63) is 65.8 Å². The number of thiophene rings is 1. The van der Waals surface area contributed by atoms with Crippen molar-refractivity contribution in [1.82, 2.24) is 9.29 Å². The number of nitrogens with zero attached hydrogens (tertiary/aromatic N) is 2. The molecule has 1 aromatic carbocycles. The maximum Gasteiger partial charge on any atom is 0.244 e. The molecule has 0 radical (unpaired) electrons. The second-order valence-electron chi connectivity index (χ2n) is 7.45. The second-order valence-corrected chi connectivity index (χ2v) is 12.6. The molecule has 0 aliphatic rings. The van der Waals surface area contributed by atoms with Crippen molar-refractivity contribution in [3.63, 3.8) is 0 Å². The summed E-state index contributed by atoms with van der Waals surface area (Å²) in [7, 11) is -6.98. The molecule has 6 nitrogen and oxygen atoms in total. The summed E-state index contributed by atoms with van der Waals surface area (Å²) < 4.78 is 51.4. The Morgan fingerprint density at radius 2 is 1.73 bits per heavy atom. The zero-order valence-corrected chi connectivity index (χ0v) is 19.5. The quantitative estimate of drug-likeness (QED) is 0.502. The number of hydrogen-bond acceptors (Lipinski definition) is 6. The number of rotatable bonds is 8. The van der Waals surface area contributed by atoms with Crippen molar-refractivity contribution >= 4 is 31.2 Å². The number of aromatic nitrogens is 1. The number of hydrogen-bond donors (Lipinski definition) is 0. The maximum atomic E-state index is 13.1. The monoisotopic (exact) mass is 464 g/mol. The van der Waals surface area contributed by atoms with Gasteiger partial charge in [-0.05, 0) is 47.9 Å². The number of sulfonamides is 1. The summed E-state index contributed by atoms with van der Waals surface area (Å²) in [6.07, 6.45) is 4.08. The molecule has 9 heteroatoms. The van der Waals surface area contributed by atoms with E-state index >= 15 is 0 Å². The molecule has 0 fully saturated rings. The lowest BCUT2D eigenvalue weighted by atomic mass is 10.2. The third-order valence-electron chi connectivity index (χ3n) is 4.38. The molecule has 0 unspecified atom stereocenters. The van der Waals surface area contributed by atoms with E-state index < -0.39 is 19.9 Å². The minimum atomic E-state index is -3.68. The molecule has 0 aliphatic carbocycles. The molecule has 3 rings (SSSR count). The summed E-state index contributed by atoms with van der Waals surface area (Å²) in [6.45, 7) is 4.57. The van der Waals surface area contributed by atoms with Crippen LogP contribution < -0.4 is 0 Å². The van der Waals surface area contributed by atoms with Gasteiger partial charge >= 0.3 is 0 Å². The number of benzene rings is 1. The first-order valence-corrected chi connectivity index (χ1v) is 13.5. The van der Waals surface area contributed by atoms with Gasteiger partial charge in [0.15, 0.2) is 9.84 Å². The van der Waals surface area contributed by atoms with Crippen molar-refractivity contribution in [2.75, 3.05) is 12.8 Å². The molecule has 160 valence electrons. The van der Waals surface area contributed by atoms with Gasteiger partial charge in [0, 0.05) is 41.5 Å². The Hall–Kier alpha value is -2.07. The molecule has 0 saturated carbocycles. The van der Waals surface area contributed by atoms with E-state index in [0.717, 1.165) is 15.3 Å². The molecular formula is C21H24N2O4S3. The Morgan fingerprint density at radius 3 is 2.37 bits per heavy atom. The van der Waals surface area contributed by atoms with E-state index in [0.29, 0.717) is 6.54 Å². The van der Waals surface area contributed by atoms with Gasteiger partial charge in [0.2, 0.25) is 10.0 Å². The fraction of sp³-hybridized carbons (Fsp3) is 0.286. The Balaban J connectivity index is 1.90. The molecule has 0 spiro atoms. The molecule has 0 aliphatic heterocycles. The van der Waals surface area contributed by atoms with E-state index in [9.17, 15) is 16.8 Å². The first-order valence-electron chi connectivity index (χ1n) is 9.37. The van der Waals surface area contributed by atoms with Crippen LogP contribution in [0.15, 0.2) is 70.7 Å². The SMILES string of the molecule is CC(C)CN(Cc1ccc(-c2cccc(S(C)(=O)=O)c2)s1)S(=O)(=O)c1cccnc1. The first-order chi connectivity index (χ1) is 14.1. The second kappa shape index (κ2) is 8.97. The molecule has 0 saturated heterocycles. The maximum absolute atomic E-state index is 13.1. The molecule has 2 aromatic heterocycles. The summed E-state index contributed by atoms with van der Waals surface area (Å²) in [4.78, 5) is 6.13. The van der Waals surface area contributed by atoms with Crippen molar-refractivity contribution in [2.24, 2.45) is 5.92 Å². The average Bonchev–Trinajstić information content (AvgIpc) is 3.16. The lowest BCUT2D eigenvalue weighted by Gasteiger charge is -2.23. The Kier molecular flexibility index (Phi) is 6.76. The van der Waals surface area contributed by atoms with Gasteiger partial charge < -0.3 is 0 Å². The predicted octanol–water partition coefficient (Wildman–Crippen LogP) is 4.06. The number of sulfone groups is 1. The van der Waals surface area contributed by atoms with Crippen LogP contribution in [0.25, 0.3) is 10.4 Å². The van der Waals surface area contributed by atoms with Crippen LogP contribution >= 0.6 is 11.3 Å². The van der Waals surface area contributed by atoms with Gasteiger partial charge in [0.25, 0.3) is 0 Å². The average molecular weight is 465 g/mol. The third kappa shape index (κ3) is 5.34. The van der Waals surface area contributed by atoms with Gasteiger partial charge in [0.1, 0.15) is 4.90 Å². The summed E-state index contributed by atoms with van der Waals surface area (Å²) in [5.74, 6) is 0.155. The van der Waals surface area contributed by atoms with Crippen LogP contribution in [0.2, 0.25) is 0 Å². The third-order valence-corrected chi connectivity index (χ3v) is 8.41. The Labute approximate surface area is 182 Å². The van der Waals surface area contributed by atoms with Crippen LogP contribution in [-0.4, -0.2) is 38.9 Å². The van der Waals surface area contributed by atoms with Crippen LogP contribution in [0.3, 0.4) is 0 Å². The molecule has 30 heavy (non-hydrogen) atoms. The van der Waals surface area contributed by atoms with Gasteiger partial charge in [-0.3, -0.25) is 4.98 Å². The van der Waals surface area contributed by atoms with Gasteiger partial charge in [0.05, 0.1) is 4.90 Å². The molecule has 0 amide bonds. The van der Waals surface area contributed by atoms with Crippen LogP contribution in [0.5, 0.6) is 0 Å². The van der Waals surface area contributed by atoms with Gasteiger partial charge in [-0.15, -0.1) is 11.3 Å². The fourth-order valence-corrected chi connectivity index (χ4v) is 6.29. The zero-order chi connectivity index (χ0) is 21.9. The fourth-order valence-electron chi connectivity index (χ4n) is 2.98. The minimum absolute atomic E-state index is 0.155. The van der Waals surface area contributed by atoms with E-state index in [-0.39, 0.29) is 22.3 Å². The lowest BCUT2D eigenvalue weighted by molar-refractivity contribution is 0.364. The summed E-state index contributed by atoms with van der Waals surface area (Å²) in [5, 5.41) is 0. The highest BCUT2D eigenvalue weighted by Crippen LogP contribution is 2.31. The van der Waals surface area contributed by atoms with Gasteiger partial charge in [-0.1, -0.05) is 26.0 Å². The highest BCUT2D eigenvalue weighted by atomic mass is 32.2. The normalized spacial score (nSPS) is 12.6. The summed E-state index contributed by atoms with van der Waals surface area (Å²) in [5.41, 5.74) is 0.791. The van der Waals surface area contributed by atoms with Crippen molar-refractivity contribution in [1.29, 1.82) is 0 Å². The van der Waals surface area contributed by atoms with Crippen molar-refractivity contribution in [2.45, 2.75) is 30.2 Å². The van der Waals surface area contributed by atoms with E-state index in [1.54, 1.807) is 36.5 Å². The standard InChI is InChI=1S/C21H24N2O4S3/c1-16(2)14-23(30(26,27)20-8-5-11-22-13-20)15-18-9-10-21(28-18)17-6-4-7-19(12-17)29(3,24)25/h4-13,16H,14-15H2,1-3H3. The van der Waals surface area contributed by atoms with Gasteiger partial charge in [-0.25, -0.2) is 16.8 Å². The van der Waals surface area contributed by atoms with E-state index in [4.69, 9.17) is 0 Å². The van der Waals surface area contributed by atoms with Gasteiger partial charge in [-0.2, -0.15) is 4.31 Å². The smallest absolute Gasteiger partial charge is 0.244 e. The van der Waals surface area contributed by atoms with Crippen LogP contribution in [0.1, 0.15) is 18.7 Å². The molecule has 0 bridgehead atoms. The molecular weight excluding hydrogens is 440 g/mol. The molecule has 0 atom stereocenters. The largest absolute Gasteiger partial charge is 0.263 e. The zero-order valence-electron chi connectivity index (χ0n) is 17.0. The molecule has 3 aromatic rings. The van der Waals surface area contributed by atoms with Crippen LogP contribution in [-0.2, 0) is 26.4 Å². The van der Waals surface area contributed by atoms with Crippen LogP contribution in [0.4, 0.5) is 0 Å². The highest BCUT2D eigenvalue weighted by Gasteiger charge is 2.26. The Morgan fingerprint density at radius 1 is 1.00 bits per heavy atom. The van der Waals surface area contributed by atoms with Crippen molar-refractivity contribution in [3.8, 4) is 10.4 Å². The minimum Gasteiger partial charge on any atom is -0.263 e. The molecule has 0 N–H and O–H groups in total. The Bertz CT molecular complexity index is 1220. The van der Waals surface area contributed by atoms with Crippen LogP contribution in [0, 0.1) is 5.92 Å². The summed E-state index contributed by atoms with van der Waals surface area (Å²) >= 11 is 1.46. The predicted molar refractivity (Wildman–Crippen MR) is 120 cm³/mol. The van der Waals surface area contributed by atoms with E-state index in [1.807, 2.05) is 32.0 Å². The number of pyridine rings is 1. The van der Waals surface area contributed by atoms with E-state index in [2.05, 4.69) is 4.98 Å². The molecule has 2 heterocycles. The topological polar surface area (TPSA) is 84.4 Å². The first kappa shape index (κ1) is 22.6. The highest BCUT2D eigenvalue weighted by molar-refractivity contribution is 7.90.